The molecule has 1 aliphatic heterocycles. The zero-order valence-corrected chi connectivity index (χ0v) is 10.8. The molecule has 0 aromatic heterocycles. The van der Waals surface area contributed by atoms with E-state index in [1.807, 2.05) is 0 Å². The molecule has 3 N–H and O–H groups in total. The first-order chi connectivity index (χ1) is 9.56. The first-order valence-corrected chi connectivity index (χ1v) is 6.01. The van der Waals surface area contributed by atoms with Gasteiger partial charge in [-0.1, -0.05) is 12.1 Å². The molecule has 0 saturated carbocycles. The molecule has 0 bridgehead atoms. The number of carbonyl (C=O) groups excluding carboxylic acids is 2. The van der Waals surface area contributed by atoms with Crippen LogP contribution < -0.4 is 10.9 Å². The minimum Gasteiger partial charge on any atom is -0.508 e. The van der Waals surface area contributed by atoms with Crippen molar-refractivity contribution < 1.29 is 14.7 Å². The van der Waals surface area contributed by atoms with Crippen LogP contribution in [0.3, 0.4) is 0 Å². The number of rotatable bonds is 4. The lowest BCUT2D eigenvalue weighted by molar-refractivity contribution is -0.127. The van der Waals surface area contributed by atoms with Gasteiger partial charge in [0.1, 0.15) is 5.75 Å². The Labute approximate surface area is 115 Å². The summed E-state index contributed by atoms with van der Waals surface area (Å²) in [5.74, 6) is -1.08. The zero-order valence-electron chi connectivity index (χ0n) is 10.8. The Balaban J connectivity index is 1.86. The standard InChI is InChI=1S/C13H14N4O3/c1-8-11(13(20)17-15-8)6-12(19)16-14-7-9-3-2-4-10(18)5-9/h2-5,7,11,18H,6H2,1H3,(H,16,19)(H,17,20)/b14-7+. The molecule has 1 aliphatic rings. The van der Waals surface area contributed by atoms with Gasteiger partial charge in [0, 0.05) is 12.1 Å². The summed E-state index contributed by atoms with van der Waals surface area (Å²) >= 11 is 0. The van der Waals surface area contributed by atoms with Crippen LogP contribution in [0.1, 0.15) is 18.9 Å². The van der Waals surface area contributed by atoms with Crippen molar-refractivity contribution in [3.8, 4) is 5.75 Å². The second-order valence-corrected chi connectivity index (χ2v) is 4.37. The van der Waals surface area contributed by atoms with Crippen LogP contribution in [0.25, 0.3) is 0 Å². The van der Waals surface area contributed by atoms with E-state index in [9.17, 15) is 14.7 Å². The van der Waals surface area contributed by atoms with E-state index in [1.54, 1.807) is 19.1 Å². The van der Waals surface area contributed by atoms with Crippen molar-refractivity contribution in [1.29, 1.82) is 0 Å². The Morgan fingerprint density at radius 1 is 1.60 bits per heavy atom. The van der Waals surface area contributed by atoms with Crippen molar-refractivity contribution >= 4 is 23.7 Å². The highest BCUT2D eigenvalue weighted by Crippen LogP contribution is 2.11. The van der Waals surface area contributed by atoms with Crippen LogP contribution in [0.2, 0.25) is 0 Å². The molecule has 1 aromatic rings. The fourth-order valence-corrected chi connectivity index (χ4v) is 1.74. The molecule has 0 aliphatic carbocycles. The van der Waals surface area contributed by atoms with Crippen LogP contribution in [0, 0.1) is 5.92 Å². The molecule has 1 heterocycles. The second kappa shape index (κ2) is 5.96. The van der Waals surface area contributed by atoms with E-state index in [1.165, 1.54) is 18.3 Å². The highest BCUT2D eigenvalue weighted by molar-refractivity contribution is 6.09. The molecule has 0 fully saturated rings. The highest BCUT2D eigenvalue weighted by atomic mass is 16.3. The SMILES string of the molecule is CC1=NNC(=O)C1CC(=O)N/N=C/c1cccc(O)c1. The van der Waals surface area contributed by atoms with E-state index in [-0.39, 0.29) is 24.0 Å². The number of nitrogens with one attached hydrogen (secondary N) is 2. The number of aromatic hydroxyl groups is 1. The number of phenolic OH excluding ortho intramolecular Hbond substituents is 1. The number of benzene rings is 1. The van der Waals surface area contributed by atoms with Gasteiger partial charge < -0.3 is 5.11 Å². The zero-order chi connectivity index (χ0) is 14.5. The van der Waals surface area contributed by atoms with Gasteiger partial charge in [-0.25, -0.2) is 10.9 Å². The van der Waals surface area contributed by atoms with Gasteiger partial charge in [-0.3, -0.25) is 9.59 Å². The number of hydrogen-bond acceptors (Lipinski definition) is 5. The average molecular weight is 274 g/mol. The van der Waals surface area contributed by atoms with E-state index in [4.69, 9.17) is 0 Å². The Hall–Kier alpha value is -2.70. The predicted molar refractivity (Wildman–Crippen MR) is 73.2 cm³/mol. The number of amides is 2. The van der Waals surface area contributed by atoms with Gasteiger partial charge in [0.25, 0.3) is 0 Å². The maximum Gasteiger partial charge on any atom is 0.249 e. The molecule has 0 spiro atoms. The molecule has 2 rings (SSSR count). The largest absolute Gasteiger partial charge is 0.508 e. The third-order valence-corrected chi connectivity index (χ3v) is 2.83. The van der Waals surface area contributed by atoms with E-state index in [0.29, 0.717) is 11.3 Å². The van der Waals surface area contributed by atoms with Gasteiger partial charge in [-0.15, -0.1) is 0 Å². The Morgan fingerprint density at radius 3 is 3.05 bits per heavy atom. The molecule has 7 heteroatoms. The Morgan fingerprint density at radius 2 is 2.40 bits per heavy atom. The van der Waals surface area contributed by atoms with E-state index in [0.717, 1.165) is 0 Å². The molecule has 0 saturated heterocycles. The number of phenols is 1. The number of hydrogen-bond donors (Lipinski definition) is 3. The van der Waals surface area contributed by atoms with Crippen molar-refractivity contribution in [3.63, 3.8) is 0 Å². The highest BCUT2D eigenvalue weighted by Gasteiger charge is 2.28. The van der Waals surface area contributed by atoms with Gasteiger partial charge in [-0.05, 0) is 24.6 Å². The first-order valence-electron chi connectivity index (χ1n) is 6.01. The summed E-state index contributed by atoms with van der Waals surface area (Å²) in [6, 6.07) is 6.45. The van der Waals surface area contributed by atoms with Crippen LogP contribution in [0.4, 0.5) is 0 Å². The van der Waals surface area contributed by atoms with Crippen molar-refractivity contribution in [3.05, 3.63) is 29.8 Å². The summed E-state index contributed by atoms with van der Waals surface area (Å²) in [6.45, 7) is 1.69. The Kier molecular flexibility index (Phi) is 4.09. The van der Waals surface area contributed by atoms with Crippen molar-refractivity contribution in [2.24, 2.45) is 16.1 Å². The van der Waals surface area contributed by atoms with Gasteiger partial charge in [0.05, 0.1) is 12.1 Å². The third-order valence-electron chi connectivity index (χ3n) is 2.83. The summed E-state index contributed by atoms with van der Waals surface area (Å²) in [5.41, 5.74) is 5.89. The van der Waals surface area contributed by atoms with Gasteiger partial charge in [-0.2, -0.15) is 10.2 Å². The van der Waals surface area contributed by atoms with Crippen LogP contribution in [0.5, 0.6) is 5.75 Å². The second-order valence-electron chi connectivity index (χ2n) is 4.37. The van der Waals surface area contributed by atoms with Crippen LogP contribution in [-0.4, -0.2) is 28.8 Å². The summed E-state index contributed by atoms with van der Waals surface area (Å²) in [6.07, 6.45) is 1.41. The van der Waals surface area contributed by atoms with Crippen molar-refractivity contribution in [2.45, 2.75) is 13.3 Å². The molecule has 7 nitrogen and oxygen atoms in total. The van der Waals surface area contributed by atoms with Gasteiger partial charge in [0.15, 0.2) is 0 Å². The normalized spacial score (nSPS) is 17.9. The van der Waals surface area contributed by atoms with E-state index < -0.39 is 5.92 Å². The summed E-state index contributed by atoms with van der Waals surface area (Å²) in [5, 5.41) is 16.8. The van der Waals surface area contributed by atoms with Gasteiger partial charge >= 0.3 is 0 Å². The fourth-order valence-electron chi connectivity index (χ4n) is 1.74. The lowest BCUT2D eigenvalue weighted by Crippen LogP contribution is -2.29. The fraction of sp³-hybridized carbons (Fsp3) is 0.231. The number of hydrazone groups is 2. The topological polar surface area (TPSA) is 103 Å². The molecular formula is C13H14N4O3. The number of nitrogens with zero attached hydrogens (tertiary/aromatic N) is 2. The van der Waals surface area contributed by atoms with Crippen molar-refractivity contribution in [1.82, 2.24) is 10.9 Å². The summed E-state index contributed by atoms with van der Waals surface area (Å²) in [7, 11) is 0. The van der Waals surface area contributed by atoms with Crippen LogP contribution in [0.15, 0.2) is 34.5 Å². The molecule has 20 heavy (non-hydrogen) atoms. The maximum absolute atomic E-state index is 11.6. The van der Waals surface area contributed by atoms with E-state index >= 15 is 0 Å². The molecule has 0 radical (unpaired) electrons. The van der Waals surface area contributed by atoms with Crippen LogP contribution >= 0.6 is 0 Å². The van der Waals surface area contributed by atoms with Crippen molar-refractivity contribution in [2.75, 3.05) is 0 Å². The minimum absolute atomic E-state index is 0.00144. The predicted octanol–water partition coefficient (Wildman–Crippen LogP) is 0.354. The first kappa shape index (κ1) is 13.7. The average Bonchev–Trinajstić information content (AvgIpc) is 2.71. The monoisotopic (exact) mass is 274 g/mol. The Bertz CT molecular complexity index is 595. The maximum atomic E-state index is 11.6. The molecule has 2 amide bonds. The van der Waals surface area contributed by atoms with Crippen LogP contribution in [-0.2, 0) is 9.59 Å². The number of carbonyl (C=O) groups is 2. The van der Waals surface area contributed by atoms with Gasteiger partial charge in [0.2, 0.25) is 11.8 Å². The molecule has 104 valence electrons. The molecular weight excluding hydrogens is 260 g/mol. The summed E-state index contributed by atoms with van der Waals surface area (Å²) < 4.78 is 0. The third kappa shape index (κ3) is 3.41. The van der Waals surface area contributed by atoms with E-state index in [2.05, 4.69) is 21.1 Å². The smallest absolute Gasteiger partial charge is 0.249 e. The summed E-state index contributed by atoms with van der Waals surface area (Å²) in [4.78, 5) is 23.0. The molecule has 1 aromatic carbocycles. The minimum atomic E-state index is -0.536. The quantitative estimate of drug-likeness (QED) is 0.545. The lowest BCUT2D eigenvalue weighted by atomic mass is 10.0. The lowest BCUT2D eigenvalue weighted by Gasteiger charge is -2.05. The molecule has 1 atom stereocenters. The molecule has 1 unspecified atom stereocenters.